The monoisotopic (exact) mass is 275 g/mol. The van der Waals surface area contributed by atoms with Gasteiger partial charge in [0.2, 0.25) is 0 Å². The molecule has 2 aromatic carbocycles. The van der Waals surface area contributed by atoms with Gasteiger partial charge in [-0.15, -0.1) is 0 Å². The maximum absolute atomic E-state index is 11.4. The number of nitrogens with one attached hydrogen (secondary N) is 1. The van der Waals surface area contributed by atoms with Gasteiger partial charge in [-0.1, -0.05) is 35.9 Å². The predicted molar refractivity (Wildman–Crippen MR) is 76.6 cm³/mol. The van der Waals surface area contributed by atoms with E-state index in [1.165, 1.54) is 0 Å². The molecule has 0 aliphatic carbocycles. The summed E-state index contributed by atoms with van der Waals surface area (Å²) in [4.78, 5) is 11.4. The number of halogens is 1. The van der Waals surface area contributed by atoms with Crippen molar-refractivity contribution in [2.75, 3.05) is 5.32 Å². The molecule has 19 heavy (non-hydrogen) atoms. The molecular weight excluding hydrogens is 262 g/mol. The highest BCUT2D eigenvalue weighted by Crippen LogP contribution is 2.22. The van der Waals surface area contributed by atoms with Gasteiger partial charge in [-0.2, -0.15) is 0 Å². The Labute approximate surface area is 116 Å². The van der Waals surface area contributed by atoms with Gasteiger partial charge >= 0.3 is 5.97 Å². The third-order valence-corrected chi connectivity index (χ3v) is 3.03. The van der Waals surface area contributed by atoms with Crippen LogP contribution in [0.25, 0.3) is 0 Å². The summed E-state index contributed by atoms with van der Waals surface area (Å²) in [6.45, 7) is 1.96. The summed E-state index contributed by atoms with van der Waals surface area (Å²) in [5, 5.41) is 12.9. The molecule has 0 fully saturated rings. The predicted octanol–water partition coefficient (Wildman–Crippen LogP) is 3.89. The lowest BCUT2D eigenvalue weighted by atomic mass is 10.1. The van der Waals surface area contributed by atoms with Crippen molar-refractivity contribution in [1.82, 2.24) is 0 Å². The molecule has 0 spiro atoms. The fourth-order valence-corrected chi connectivity index (χ4v) is 1.97. The van der Waals surface area contributed by atoms with Crippen LogP contribution in [0.5, 0.6) is 0 Å². The molecule has 1 unspecified atom stereocenters. The molecule has 98 valence electrons. The molecule has 0 bridgehead atoms. The summed E-state index contributed by atoms with van der Waals surface area (Å²) in [6, 6.07) is 13.6. The van der Waals surface area contributed by atoms with E-state index >= 15 is 0 Å². The summed E-state index contributed by atoms with van der Waals surface area (Å²) in [5.41, 5.74) is 2.52. The highest BCUT2D eigenvalue weighted by molar-refractivity contribution is 6.30. The maximum Gasteiger partial charge on any atom is 0.330 e. The number of anilines is 1. The average molecular weight is 276 g/mol. The van der Waals surface area contributed by atoms with Crippen LogP contribution in [0, 0.1) is 6.92 Å². The molecule has 0 aliphatic heterocycles. The van der Waals surface area contributed by atoms with Crippen LogP contribution >= 0.6 is 11.6 Å². The van der Waals surface area contributed by atoms with Crippen molar-refractivity contribution in [3.05, 3.63) is 64.7 Å². The normalized spacial score (nSPS) is 11.9. The van der Waals surface area contributed by atoms with Gasteiger partial charge in [0.25, 0.3) is 0 Å². The van der Waals surface area contributed by atoms with Crippen molar-refractivity contribution in [1.29, 1.82) is 0 Å². The summed E-state index contributed by atoms with van der Waals surface area (Å²) in [5.74, 6) is -0.927. The van der Waals surface area contributed by atoms with Gasteiger partial charge in [-0.3, -0.25) is 0 Å². The number of carboxylic acids is 1. The van der Waals surface area contributed by atoms with Crippen LogP contribution in [-0.2, 0) is 4.79 Å². The molecule has 2 aromatic rings. The standard InChI is InChI=1S/C15H14ClNO2/c1-10-3-2-4-13(9-10)17-14(15(18)19)11-5-7-12(16)8-6-11/h2-9,14,17H,1H3,(H,18,19). The summed E-state index contributed by atoms with van der Waals surface area (Å²) >= 11 is 5.81. The van der Waals surface area contributed by atoms with E-state index in [0.29, 0.717) is 10.6 Å². The van der Waals surface area contributed by atoms with Gasteiger partial charge in [-0.05, 0) is 42.3 Å². The first-order valence-corrected chi connectivity index (χ1v) is 6.25. The summed E-state index contributed by atoms with van der Waals surface area (Å²) in [7, 11) is 0. The van der Waals surface area contributed by atoms with Crippen molar-refractivity contribution in [2.24, 2.45) is 0 Å². The van der Waals surface area contributed by atoms with Crippen LogP contribution in [0.4, 0.5) is 5.69 Å². The number of aliphatic carboxylic acids is 1. The molecule has 0 aliphatic rings. The molecule has 0 saturated heterocycles. The topological polar surface area (TPSA) is 49.3 Å². The third kappa shape index (κ3) is 3.48. The smallest absolute Gasteiger partial charge is 0.330 e. The Morgan fingerprint density at radius 1 is 1.21 bits per heavy atom. The zero-order valence-electron chi connectivity index (χ0n) is 10.4. The molecule has 3 nitrogen and oxygen atoms in total. The highest BCUT2D eigenvalue weighted by atomic mass is 35.5. The van der Waals surface area contributed by atoms with Gasteiger partial charge in [0.1, 0.15) is 0 Å². The van der Waals surface area contributed by atoms with Crippen molar-refractivity contribution in [3.63, 3.8) is 0 Å². The van der Waals surface area contributed by atoms with Crippen LogP contribution in [0.1, 0.15) is 17.2 Å². The lowest BCUT2D eigenvalue weighted by Gasteiger charge is -2.16. The number of hydrogen-bond donors (Lipinski definition) is 2. The van der Waals surface area contributed by atoms with E-state index < -0.39 is 12.0 Å². The van der Waals surface area contributed by atoms with E-state index in [4.69, 9.17) is 11.6 Å². The fourth-order valence-electron chi connectivity index (χ4n) is 1.84. The Hall–Kier alpha value is -2.00. The fraction of sp³-hybridized carbons (Fsp3) is 0.133. The van der Waals surface area contributed by atoms with E-state index in [1.807, 2.05) is 31.2 Å². The first kappa shape index (κ1) is 13.4. The van der Waals surface area contributed by atoms with Gasteiger partial charge in [0, 0.05) is 10.7 Å². The van der Waals surface area contributed by atoms with Crippen LogP contribution < -0.4 is 5.32 Å². The molecule has 0 amide bonds. The van der Waals surface area contributed by atoms with E-state index in [-0.39, 0.29) is 0 Å². The number of aryl methyl sites for hydroxylation is 1. The minimum absolute atomic E-state index is 0.587. The van der Waals surface area contributed by atoms with Gasteiger partial charge in [0.15, 0.2) is 6.04 Å². The zero-order chi connectivity index (χ0) is 13.8. The number of carbonyl (C=O) groups is 1. The molecule has 1 atom stereocenters. The highest BCUT2D eigenvalue weighted by Gasteiger charge is 2.19. The largest absolute Gasteiger partial charge is 0.479 e. The second kappa shape index (κ2) is 5.76. The van der Waals surface area contributed by atoms with Gasteiger partial charge < -0.3 is 10.4 Å². The van der Waals surface area contributed by atoms with E-state index in [2.05, 4.69) is 5.32 Å². The van der Waals surface area contributed by atoms with Gasteiger partial charge in [-0.25, -0.2) is 4.79 Å². The molecule has 2 rings (SSSR count). The number of carboxylic acid groups (broad SMARTS) is 1. The van der Waals surface area contributed by atoms with Crippen molar-refractivity contribution >= 4 is 23.3 Å². The second-order valence-electron chi connectivity index (χ2n) is 4.34. The average Bonchev–Trinajstić information content (AvgIpc) is 2.37. The number of hydrogen-bond acceptors (Lipinski definition) is 2. The Bertz CT molecular complexity index is 581. The Morgan fingerprint density at radius 2 is 1.89 bits per heavy atom. The lowest BCUT2D eigenvalue weighted by molar-refractivity contribution is -0.138. The molecule has 0 saturated carbocycles. The van der Waals surface area contributed by atoms with Crippen molar-refractivity contribution in [2.45, 2.75) is 13.0 Å². The van der Waals surface area contributed by atoms with E-state index in [9.17, 15) is 9.90 Å². The summed E-state index contributed by atoms with van der Waals surface area (Å²) < 4.78 is 0. The molecular formula is C15H14ClNO2. The first-order valence-electron chi connectivity index (χ1n) is 5.88. The minimum atomic E-state index is -0.927. The Kier molecular flexibility index (Phi) is 4.07. The quantitative estimate of drug-likeness (QED) is 0.890. The van der Waals surface area contributed by atoms with Crippen molar-refractivity contribution in [3.8, 4) is 0 Å². The minimum Gasteiger partial charge on any atom is -0.479 e. The SMILES string of the molecule is Cc1cccc(NC(C(=O)O)c2ccc(Cl)cc2)c1. The maximum atomic E-state index is 11.4. The van der Waals surface area contributed by atoms with Crippen LogP contribution in [0.2, 0.25) is 5.02 Å². The number of rotatable bonds is 4. The molecule has 0 aromatic heterocycles. The van der Waals surface area contributed by atoms with Crippen LogP contribution in [0.15, 0.2) is 48.5 Å². The van der Waals surface area contributed by atoms with Crippen molar-refractivity contribution < 1.29 is 9.90 Å². The molecule has 2 N–H and O–H groups in total. The Morgan fingerprint density at radius 3 is 2.47 bits per heavy atom. The molecule has 0 heterocycles. The van der Waals surface area contributed by atoms with E-state index in [1.54, 1.807) is 24.3 Å². The van der Waals surface area contributed by atoms with E-state index in [0.717, 1.165) is 11.3 Å². The Balaban J connectivity index is 2.26. The van der Waals surface area contributed by atoms with Crippen LogP contribution in [-0.4, -0.2) is 11.1 Å². The molecule has 0 radical (unpaired) electrons. The number of benzene rings is 2. The zero-order valence-corrected chi connectivity index (χ0v) is 11.2. The summed E-state index contributed by atoms with van der Waals surface area (Å²) in [6.07, 6.45) is 0. The lowest BCUT2D eigenvalue weighted by Crippen LogP contribution is -2.20. The first-order chi connectivity index (χ1) is 9.06. The second-order valence-corrected chi connectivity index (χ2v) is 4.77. The van der Waals surface area contributed by atoms with Crippen LogP contribution in [0.3, 0.4) is 0 Å². The third-order valence-electron chi connectivity index (χ3n) is 2.78. The van der Waals surface area contributed by atoms with Gasteiger partial charge in [0.05, 0.1) is 0 Å². The molecule has 4 heteroatoms.